The predicted molar refractivity (Wildman–Crippen MR) is 197 cm³/mol. The van der Waals surface area contributed by atoms with Crippen LogP contribution in [0.1, 0.15) is 29.2 Å². The molecule has 0 aliphatic carbocycles. The Labute approximate surface area is 295 Å². The Morgan fingerprint density at radius 2 is 1.10 bits per heavy atom. The number of hydrogen-bond acceptors (Lipinski definition) is 12. The first kappa shape index (κ1) is 35.0. The molecule has 0 radical (unpaired) electrons. The summed E-state index contributed by atoms with van der Waals surface area (Å²) in [6, 6.07) is 28.4. The van der Waals surface area contributed by atoms with Crippen molar-refractivity contribution >= 4 is 29.3 Å². The summed E-state index contributed by atoms with van der Waals surface area (Å²) < 4.78 is 12.1. The molecule has 0 saturated heterocycles. The summed E-state index contributed by atoms with van der Waals surface area (Å²) >= 11 is 0. The molecule has 4 aromatic carbocycles. The van der Waals surface area contributed by atoms with Crippen LogP contribution < -0.4 is 26.6 Å². The molecule has 51 heavy (non-hydrogen) atoms. The number of hydrogen-bond donors (Lipinski definition) is 6. The molecule has 6 aromatic rings. The number of aliphatic hydroxyl groups is 1. The number of aliphatic hydroxyl groups excluding tert-OH is 1. The van der Waals surface area contributed by atoms with Gasteiger partial charge < -0.3 is 40.5 Å². The van der Waals surface area contributed by atoms with Gasteiger partial charge in [0, 0.05) is 62.1 Å². The zero-order valence-electron chi connectivity index (χ0n) is 28.8. The van der Waals surface area contributed by atoms with Gasteiger partial charge in [-0.25, -0.2) is 0 Å². The van der Waals surface area contributed by atoms with E-state index >= 15 is 0 Å². The summed E-state index contributed by atoms with van der Waals surface area (Å²) in [7, 11) is 0. The maximum atomic E-state index is 11.1. The predicted octanol–water partition coefficient (Wildman–Crippen LogP) is 5.87. The van der Waals surface area contributed by atoms with Crippen LogP contribution in [0.4, 0.5) is 23.4 Å². The summed E-state index contributed by atoms with van der Waals surface area (Å²) in [6.45, 7) is 8.74. The van der Waals surface area contributed by atoms with E-state index in [0.29, 0.717) is 44.5 Å². The van der Waals surface area contributed by atoms with Crippen LogP contribution in [0.3, 0.4) is 0 Å². The van der Waals surface area contributed by atoms with Gasteiger partial charge in [0.1, 0.15) is 0 Å². The van der Waals surface area contributed by atoms with Crippen LogP contribution in [-0.4, -0.2) is 57.6 Å². The van der Waals surface area contributed by atoms with Crippen molar-refractivity contribution in [2.24, 2.45) is 0 Å². The largest absolute Gasteiger partial charge is 0.403 e. The van der Waals surface area contributed by atoms with Crippen molar-refractivity contribution in [3.05, 3.63) is 107 Å². The Kier molecular flexibility index (Phi) is 11.4. The Morgan fingerprint density at radius 3 is 1.59 bits per heavy atom. The van der Waals surface area contributed by atoms with Gasteiger partial charge in [0.2, 0.25) is 17.7 Å². The third kappa shape index (κ3) is 9.02. The SMILES string of the molecule is CC(=O)NCCNCc1cccc(Nc2nnc(-c3cccc(-c4cccc(-c5nnc(Nc6cccc(CNCCO)c6)o5)c4C)c3C)o2)c1. The van der Waals surface area contributed by atoms with Crippen molar-refractivity contribution < 1.29 is 18.7 Å². The maximum Gasteiger partial charge on any atom is 0.320 e. The minimum Gasteiger partial charge on any atom is -0.403 e. The lowest BCUT2D eigenvalue weighted by Crippen LogP contribution is -2.29. The molecule has 6 rings (SSSR count). The van der Waals surface area contributed by atoms with Gasteiger partial charge in [-0.2, -0.15) is 0 Å². The summed E-state index contributed by atoms with van der Waals surface area (Å²) in [5.41, 5.74) is 9.45. The minimum atomic E-state index is -0.0416. The number of amides is 1. The number of carbonyl (C=O) groups is 1. The van der Waals surface area contributed by atoms with Crippen molar-refractivity contribution in [2.45, 2.75) is 33.9 Å². The number of aromatic nitrogens is 4. The maximum absolute atomic E-state index is 11.1. The van der Waals surface area contributed by atoms with Crippen LogP contribution in [0.2, 0.25) is 0 Å². The van der Waals surface area contributed by atoms with Crippen LogP contribution >= 0.6 is 0 Å². The van der Waals surface area contributed by atoms with Gasteiger partial charge in [0.25, 0.3) is 0 Å². The minimum absolute atomic E-state index is 0.0416. The molecule has 0 aliphatic heterocycles. The van der Waals surface area contributed by atoms with Crippen LogP contribution in [0.5, 0.6) is 0 Å². The topological polar surface area (TPSA) is 175 Å². The Hall–Kier alpha value is -5.89. The first-order chi connectivity index (χ1) is 24.9. The lowest BCUT2D eigenvalue weighted by Gasteiger charge is -2.13. The molecule has 13 heteroatoms. The Balaban J connectivity index is 1.15. The van der Waals surface area contributed by atoms with Crippen molar-refractivity contribution in [1.29, 1.82) is 0 Å². The third-order valence-electron chi connectivity index (χ3n) is 8.25. The van der Waals surface area contributed by atoms with Gasteiger partial charge in [-0.15, -0.1) is 10.2 Å². The zero-order valence-corrected chi connectivity index (χ0v) is 28.8. The molecule has 262 valence electrons. The molecule has 1 amide bonds. The molecule has 0 bridgehead atoms. The average Bonchev–Trinajstić information content (AvgIpc) is 3.79. The molecule has 0 fully saturated rings. The second kappa shape index (κ2) is 16.7. The molecule has 0 atom stereocenters. The normalized spacial score (nSPS) is 11.1. The number of carbonyl (C=O) groups excluding carboxylic acids is 1. The fourth-order valence-electron chi connectivity index (χ4n) is 5.72. The molecular formula is C38H41N9O4. The number of anilines is 4. The molecule has 0 spiro atoms. The van der Waals surface area contributed by atoms with E-state index in [0.717, 1.165) is 55.9 Å². The Bertz CT molecular complexity index is 2090. The van der Waals surface area contributed by atoms with E-state index in [2.05, 4.69) is 59.1 Å². The van der Waals surface area contributed by atoms with E-state index in [4.69, 9.17) is 13.9 Å². The molecule has 6 N–H and O–H groups in total. The van der Waals surface area contributed by atoms with Gasteiger partial charge in [-0.1, -0.05) is 58.7 Å². The van der Waals surface area contributed by atoms with E-state index in [1.807, 2.05) is 86.6 Å². The number of rotatable bonds is 16. The van der Waals surface area contributed by atoms with Gasteiger partial charge in [0.15, 0.2) is 0 Å². The second-order valence-electron chi connectivity index (χ2n) is 12.0. The quantitative estimate of drug-likeness (QED) is 0.0669. The van der Waals surface area contributed by atoms with Crippen LogP contribution in [0.25, 0.3) is 34.0 Å². The summed E-state index contributed by atoms with van der Waals surface area (Å²) in [5.74, 6) is 0.770. The molecule has 2 aromatic heterocycles. The average molecular weight is 688 g/mol. The molecule has 13 nitrogen and oxygen atoms in total. The zero-order chi connectivity index (χ0) is 35.6. The van der Waals surface area contributed by atoms with Crippen molar-refractivity contribution in [2.75, 3.05) is 36.9 Å². The summed E-state index contributed by atoms with van der Waals surface area (Å²) in [4.78, 5) is 11.1. The van der Waals surface area contributed by atoms with Gasteiger partial charge in [-0.3, -0.25) is 4.79 Å². The van der Waals surface area contributed by atoms with E-state index in [-0.39, 0.29) is 24.5 Å². The number of benzene rings is 4. The van der Waals surface area contributed by atoms with Gasteiger partial charge in [0.05, 0.1) is 6.61 Å². The molecule has 0 aliphatic rings. The van der Waals surface area contributed by atoms with Gasteiger partial charge >= 0.3 is 12.0 Å². The highest BCUT2D eigenvalue weighted by Crippen LogP contribution is 2.37. The third-order valence-corrected chi connectivity index (χ3v) is 8.25. The van der Waals surface area contributed by atoms with E-state index < -0.39 is 0 Å². The fraction of sp³-hybridized carbons (Fsp3) is 0.237. The smallest absolute Gasteiger partial charge is 0.320 e. The number of nitrogens with one attached hydrogen (secondary N) is 5. The van der Waals surface area contributed by atoms with Crippen LogP contribution in [0, 0.1) is 13.8 Å². The first-order valence-corrected chi connectivity index (χ1v) is 16.7. The lowest BCUT2D eigenvalue weighted by molar-refractivity contribution is -0.118. The van der Waals surface area contributed by atoms with Gasteiger partial charge in [-0.05, 0) is 83.6 Å². The molecule has 2 heterocycles. The van der Waals surface area contributed by atoms with E-state index in [9.17, 15) is 4.79 Å². The standard InChI is InChI=1S/C38H41N9O4/c1-24-31(12-6-14-33(24)35-44-46-37(50-35)42-29-10-4-8-27(20-29)22-39-16-17-41-26(3)49)32-13-7-15-34(25(32)2)36-45-47-38(51-36)43-30-11-5-9-28(21-30)23-40-18-19-48/h4-15,20-21,39-40,48H,16-19,22-23H2,1-3H3,(H,41,49)(H,42,46)(H,43,47). The molecule has 0 unspecified atom stereocenters. The van der Waals surface area contributed by atoms with Crippen LogP contribution in [-0.2, 0) is 17.9 Å². The van der Waals surface area contributed by atoms with Crippen molar-refractivity contribution in [1.82, 2.24) is 36.3 Å². The highest BCUT2D eigenvalue weighted by Gasteiger charge is 2.18. The molecular weight excluding hydrogens is 646 g/mol. The van der Waals surface area contributed by atoms with Crippen molar-refractivity contribution in [3.8, 4) is 34.0 Å². The Morgan fingerprint density at radius 1 is 0.627 bits per heavy atom. The second-order valence-corrected chi connectivity index (χ2v) is 12.0. The van der Waals surface area contributed by atoms with Crippen LogP contribution in [0.15, 0.2) is 93.8 Å². The van der Waals surface area contributed by atoms with E-state index in [1.54, 1.807) is 0 Å². The highest BCUT2D eigenvalue weighted by atomic mass is 16.4. The fourth-order valence-corrected chi connectivity index (χ4v) is 5.72. The summed E-state index contributed by atoms with van der Waals surface area (Å²) in [6.07, 6.45) is 0. The first-order valence-electron chi connectivity index (χ1n) is 16.7. The molecule has 0 saturated carbocycles. The summed E-state index contributed by atoms with van der Waals surface area (Å²) in [5, 5.41) is 41.9. The lowest BCUT2D eigenvalue weighted by atomic mass is 9.91. The highest BCUT2D eigenvalue weighted by molar-refractivity contribution is 5.81. The van der Waals surface area contributed by atoms with E-state index in [1.165, 1.54) is 6.92 Å². The van der Waals surface area contributed by atoms with Crippen molar-refractivity contribution in [3.63, 3.8) is 0 Å². The monoisotopic (exact) mass is 687 g/mol. The number of nitrogens with zero attached hydrogens (tertiary/aromatic N) is 4.